The lowest BCUT2D eigenvalue weighted by Gasteiger charge is -2.03. The molecule has 0 spiro atoms. The Bertz CT molecular complexity index is 474. The smallest absolute Gasteiger partial charge is 0.238 e. The van der Waals surface area contributed by atoms with Crippen LogP contribution >= 0.6 is 0 Å². The van der Waals surface area contributed by atoms with Gasteiger partial charge >= 0.3 is 0 Å². The molecule has 15 heavy (non-hydrogen) atoms. The third-order valence-electron chi connectivity index (χ3n) is 2.28. The molecule has 1 aromatic carbocycles. The average molecular weight is 203 g/mol. The minimum atomic E-state index is 0.548. The van der Waals surface area contributed by atoms with Gasteiger partial charge in [-0.15, -0.1) is 10.2 Å². The molecule has 0 saturated heterocycles. The van der Waals surface area contributed by atoms with Gasteiger partial charge in [0.1, 0.15) is 0 Å². The summed E-state index contributed by atoms with van der Waals surface area (Å²) < 4.78 is 1.81. The van der Waals surface area contributed by atoms with Crippen LogP contribution in [0.25, 0.3) is 11.4 Å². The highest BCUT2D eigenvalue weighted by molar-refractivity contribution is 5.58. The molecular weight excluding hydrogens is 190 g/mol. The Morgan fingerprint density at radius 1 is 1.33 bits per heavy atom. The summed E-state index contributed by atoms with van der Waals surface area (Å²) in [6.45, 7) is 2.04. The van der Waals surface area contributed by atoms with Gasteiger partial charge < -0.3 is 0 Å². The zero-order valence-corrected chi connectivity index (χ0v) is 8.73. The molecule has 1 heterocycles. The fraction of sp³-hybridized carbons (Fsp3) is 0.200. The molecule has 0 radical (unpaired) electrons. The van der Waals surface area contributed by atoms with Gasteiger partial charge in [-0.2, -0.15) is 0 Å². The Balaban J connectivity index is 2.49. The summed E-state index contributed by atoms with van der Waals surface area (Å²) in [6, 6.07) is 8.10. The quantitative estimate of drug-likeness (QED) is 0.566. The lowest BCUT2D eigenvalue weighted by atomic mass is 10.1. The van der Waals surface area contributed by atoms with Crippen LogP contribution in [0.3, 0.4) is 0 Å². The van der Waals surface area contributed by atoms with Crippen molar-refractivity contribution in [2.45, 2.75) is 6.92 Å². The fourth-order valence-corrected chi connectivity index (χ4v) is 1.49. The van der Waals surface area contributed by atoms with Crippen molar-refractivity contribution in [2.24, 2.45) is 12.9 Å². The summed E-state index contributed by atoms with van der Waals surface area (Å²) in [4.78, 5) is 0. The largest absolute Gasteiger partial charge is 0.296 e. The highest BCUT2D eigenvalue weighted by Crippen LogP contribution is 2.19. The predicted octanol–water partition coefficient (Wildman–Crippen LogP) is 1.08. The van der Waals surface area contributed by atoms with Crippen molar-refractivity contribution in [1.82, 2.24) is 14.8 Å². The van der Waals surface area contributed by atoms with Gasteiger partial charge in [-0.25, -0.2) is 5.84 Å². The summed E-state index contributed by atoms with van der Waals surface area (Å²) in [5, 5.41) is 7.99. The first-order chi connectivity index (χ1) is 7.22. The molecule has 0 atom stereocenters. The predicted molar refractivity (Wildman–Crippen MR) is 59.0 cm³/mol. The summed E-state index contributed by atoms with van der Waals surface area (Å²) in [5.74, 6) is 6.64. The molecule has 0 saturated carbocycles. The van der Waals surface area contributed by atoms with E-state index in [1.54, 1.807) is 0 Å². The van der Waals surface area contributed by atoms with Crippen LogP contribution in [0.4, 0.5) is 5.95 Å². The molecule has 0 aliphatic carbocycles. The monoisotopic (exact) mass is 203 g/mol. The number of nitrogens with zero attached hydrogens (tertiary/aromatic N) is 3. The first-order valence-electron chi connectivity index (χ1n) is 4.65. The Labute approximate surface area is 87.9 Å². The summed E-state index contributed by atoms with van der Waals surface area (Å²) in [6.07, 6.45) is 0. The normalized spacial score (nSPS) is 10.3. The fourth-order valence-electron chi connectivity index (χ4n) is 1.49. The summed E-state index contributed by atoms with van der Waals surface area (Å²) in [5.41, 5.74) is 4.72. The zero-order chi connectivity index (χ0) is 10.8. The van der Waals surface area contributed by atoms with Crippen LogP contribution in [0.1, 0.15) is 5.56 Å². The number of benzene rings is 1. The molecule has 5 heteroatoms. The van der Waals surface area contributed by atoms with E-state index in [0.717, 1.165) is 11.4 Å². The number of hydrogen-bond donors (Lipinski definition) is 2. The first kappa shape index (κ1) is 9.67. The minimum Gasteiger partial charge on any atom is -0.296 e. The summed E-state index contributed by atoms with van der Waals surface area (Å²) >= 11 is 0. The van der Waals surface area contributed by atoms with Crippen molar-refractivity contribution in [3.63, 3.8) is 0 Å². The van der Waals surface area contributed by atoms with E-state index in [2.05, 4.69) is 21.7 Å². The number of hydrogen-bond acceptors (Lipinski definition) is 4. The van der Waals surface area contributed by atoms with E-state index in [-0.39, 0.29) is 0 Å². The molecule has 2 aromatic rings. The molecule has 0 fully saturated rings. The van der Waals surface area contributed by atoms with Crippen molar-refractivity contribution >= 4 is 5.95 Å². The van der Waals surface area contributed by atoms with E-state index >= 15 is 0 Å². The molecule has 0 aliphatic rings. The molecule has 0 amide bonds. The van der Waals surface area contributed by atoms with Crippen molar-refractivity contribution in [2.75, 3.05) is 5.43 Å². The van der Waals surface area contributed by atoms with Crippen molar-refractivity contribution < 1.29 is 0 Å². The number of nitrogen functional groups attached to an aromatic ring is 1. The topological polar surface area (TPSA) is 68.8 Å². The molecule has 2 rings (SSSR count). The van der Waals surface area contributed by atoms with Gasteiger partial charge in [0.05, 0.1) is 0 Å². The van der Waals surface area contributed by atoms with Crippen molar-refractivity contribution in [1.29, 1.82) is 0 Å². The Kier molecular flexibility index (Phi) is 2.39. The maximum Gasteiger partial charge on any atom is 0.238 e. The molecule has 1 aromatic heterocycles. The van der Waals surface area contributed by atoms with E-state index in [9.17, 15) is 0 Å². The SMILES string of the molecule is Cc1cccc(-c2nnc(NN)n2C)c1. The van der Waals surface area contributed by atoms with Crippen LogP contribution in [0.2, 0.25) is 0 Å². The van der Waals surface area contributed by atoms with Gasteiger partial charge in [0.25, 0.3) is 0 Å². The van der Waals surface area contributed by atoms with E-state index in [1.807, 2.05) is 36.7 Å². The number of nitrogens with two attached hydrogens (primary N) is 1. The van der Waals surface area contributed by atoms with Crippen molar-refractivity contribution in [3.8, 4) is 11.4 Å². The molecule has 5 nitrogen and oxygen atoms in total. The number of nitrogens with one attached hydrogen (secondary N) is 1. The molecule has 0 bridgehead atoms. The van der Waals surface area contributed by atoms with E-state index < -0.39 is 0 Å². The number of aryl methyl sites for hydroxylation is 1. The number of anilines is 1. The highest BCUT2D eigenvalue weighted by Gasteiger charge is 2.08. The number of rotatable bonds is 2. The van der Waals surface area contributed by atoms with Crippen LogP contribution in [0, 0.1) is 6.92 Å². The number of hydrazine groups is 1. The van der Waals surface area contributed by atoms with Gasteiger partial charge in [-0.3, -0.25) is 9.99 Å². The van der Waals surface area contributed by atoms with Gasteiger partial charge in [0.2, 0.25) is 5.95 Å². The van der Waals surface area contributed by atoms with E-state index in [1.165, 1.54) is 5.56 Å². The Morgan fingerprint density at radius 3 is 2.73 bits per heavy atom. The average Bonchev–Trinajstić information content (AvgIpc) is 2.59. The van der Waals surface area contributed by atoms with Gasteiger partial charge in [0, 0.05) is 12.6 Å². The Morgan fingerprint density at radius 2 is 2.13 bits per heavy atom. The molecule has 0 unspecified atom stereocenters. The second kappa shape index (κ2) is 3.70. The molecular formula is C10H13N5. The van der Waals surface area contributed by atoms with Gasteiger partial charge in [-0.1, -0.05) is 23.8 Å². The van der Waals surface area contributed by atoms with Crippen LogP contribution in [0.15, 0.2) is 24.3 Å². The van der Waals surface area contributed by atoms with Crippen LogP contribution in [-0.4, -0.2) is 14.8 Å². The van der Waals surface area contributed by atoms with E-state index in [4.69, 9.17) is 5.84 Å². The van der Waals surface area contributed by atoms with Gasteiger partial charge in [0.15, 0.2) is 5.82 Å². The second-order valence-electron chi connectivity index (χ2n) is 3.42. The van der Waals surface area contributed by atoms with Crippen molar-refractivity contribution in [3.05, 3.63) is 29.8 Å². The van der Waals surface area contributed by atoms with Crippen LogP contribution in [-0.2, 0) is 7.05 Å². The third kappa shape index (κ3) is 1.69. The van der Waals surface area contributed by atoms with Crippen LogP contribution in [0.5, 0.6) is 0 Å². The lowest BCUT2D eigenvalue weighted by Crippen LogP contribution is -2.11. The molecule has 0 aliphatic heterocycles. The second-order valence-corrected chi connectivity index (χ2v) is 3.42. The first-order valence-corrected chi connectivity index (χ1v) is 4.65. The summed E-state index contributed by atoms with van der Waals surface area (Å²) in [7, 11) is 1.87. The Hall–Kier alpha value is -1.88. The zero-order valence-electron chi connectivity index (χ0n) is 8.73. The maximum atomic E-state index is 5.30. The van der Waals surface area contributed by atoms with E-state index in [0.29, 0.717) is 5.95 Å². The standard InChI is InChI=1S/C10H13N5/c1-7-4-3-5-8(6-7)9-13-14-10(12-11)15(9)2/h3-6H,11H2,1-2H3,(H,12,14). The highest BCUT2D eigenvalue weighted by atomic mass is 15.4. The number of aromatic nitrogens is 3. The maximum absolute atomic E-state index is 5.30. The third-order valence-corrected chi connectivity index (χ3v) is 2.28. The molecule has 78 valence electrons. The van der Waals surface area contributed by atoms with Crippen LogP contribution < -0.4 is 11.3 Å². The van der Waals surface area contributed by atoms with Gasteiger partial charge in [-0.05, 0) is 13.0 Å². The molecule has 3 N–H and O–H groups in total. The minimum absolute atomic E-state index is 0.548. The lowest BCUT2D eigenvalue weighted by molar-refractivity contribution is 0.917.